The smallest absolute Gasteiger partial charge is 0.230 e. The third-order valence-corrected chi connectivity index (χ3v) is 5.97. The van der Waals surface area contributed by atoms with Crippen molar-refractivity contribution < 1.29 is 4.79 Å². The lowest BCUT2D eigenvalue weighted by atomic mass is 9.95. The zero-order chi connectivity index (χ0) is 22.5. The van der Waals surface area contributed by atoms with Gasteiger partial charge in [-0.3, -0.25) is 4.79 Å². The summed E-state index contributed by atoms with van der Waals surface area (Å²) in [4.78, 5) is 26.7. The quantitative estimate of drug-likeness (QED) is 0.617. The van der Waals surface area contributed by atoms with Gasteiger partial charge >= 0.3 is 0 Å². The first kappa shape index (κ1) is 21.8. The summed E-state index contributed by atoms with van der Waals surface area (Å²) in [7, 11) is 0. The highest BCUT2D eigenvalue weighted by molar-refractivity contribution is 5.84. The number of hydrogen-bond acceptors (Lipinski definition) is 5. The van der Waals surface area contributed by atoms with Crippen molar-refractivity contribution in [1.82, 2.24) is 14.9 Å². The number of carbonyl (C=O) groups excluding carboxylic acids is 1. The average molecular weight is 430 g/mol. The highest BCUT2D eigenvalue weighted by Gasteiger charge is 2.28. The Morgan fingerprint density at radius 1 is 0.969 bits per heavy atom. The van der Waals surface area contributed by atoms with E-state index in [1.807, 2.05) is 48.2 Å². The van der Waals surface area contributed by atoms with E-state index in [4.69, 9.17) is 4.98 Å². The topological polar surface area (TPSA) is 61.4 Å². The Bertz CT molecular complexity index is 1040. The van der Waals surface area contributed by atoms with Gasteiger partial charge in [0.2, 0.25) is 11.9 Å². The summed E-state index contributed by atoms with van der Waals surface area (Å²) in [6, 6.07) is 20.3. The lowest BCUT2D eigenvalue weighted by Gasteiger charge is -2.37. The van der Waals surface area contributed by atoms with Gasteiger partial charge in [-0.05, 0) is 38.0 Å². The molecule has 1 unspecified atom stereocenters. The van der Waals surface area contributed by atoms with Crippen molar-refractivity contribution in [3.8, 4) is 0 Å². The number of aryl methyl sites for hydroxylation is 2. The maximum atomic E-state index is 13.2. The molecule has 166 valence electrons. The third kappa shape index (κ3) is 5.07. The Labute approximate surface area is 190 Å². The summed E-state index contributed by atoms with van der Waals surface area (Å²) in [5, 5.41) is 3.31. The second-order valence-corrected chi connectivity index (χ2v) is 8.37. The van der Waals surface area contributed by atoms with Gasteiger partial charge in [-0.2, -0.15) is 4.98 Å². The standard InChI is InChI=1S/C26H31N5O/c1-4-23(21-8-6-5-7-9-21)25(32)31-16-14-30(15-17-31)24-18-20(3)27-26(29-24)28-22-12-10-19(2)11-13-22/h5-13,18,23H,4,14-17H2,1-3H3,(H,27,28,29). The summed E-state index contributed by atoms with van der Waals surface area (Å²) in [5.41, 5.74) is 4.19. The van der Waals surface area contributed by atoms with Gasteiger partial charge in [0.1, 0.15) is 5.82 Å². The molecule has 1 atom stereocenters. The molecule has 0 bridgehead atoms. The minimum Gasteiger partial charge on any atom is -0.353 e. The zero-order valence-corrected chi connectivity index (χ0v) is 19.1. The molecule has 0 radical (unpaired) electrons. The fourth-order valence-corrected chi connectivity index (χ4v) is 4.15. The molecule has 1 aliphatic rings. The second-order valence-electron chi connectivity index (χ2n) is 8.37. The fourth-order valence-electron chi connectivity index (χ4n) is 4.15. The fraction of sp³-hybridized carbons (Fsp3) is 0.346. The first-order valence-corrected chi connectivity index (χ1v) is 11.3. The van der Waals surface area contributed by atoms with Gasteiger partial charge in [-0.25, -0.2) is 4.98 Å². The van der Waals surface area contributed by atoms with Crippen LogP contribution in [-0.4, -0.2) is 47.0 Å². The molecule has 32 heavy (non-hydrogen) atoms. The predicted molar refractivity (Wildman–Crippen MR) is 129 cm³/mol. The van der Waals surface area contributed by atoms with Crippen molar-refractivity contribution in [3.63, 3.8) is 0 Å². The van der Waals surface area contributed by atoms with E-state index in [1.54, 1.807) is 0 Å². The second kappa shape index (κ2) is 9.81. The molecule has 1 amide bonds. The molecule has 1 aliphatic heterocycles. The van der Waals surface area contributed by atoms with Crippen LogP contribution in [0.15, 0.2) is 60.7 Å². The number of carbonyl (C=O) groups is 1. The van der Waals surface area contributed by atoms with Crippen LogP contribution in [0.3, 0.4) is 0 Å². The van der Waals surface area contributed by atoms with E-state index in [9.17, 15) is 4.79 Å². The summed E-state index contributed by atoms with van der Waals surface area (Å²) in [6.07, 6.45) is 0.808. The largest absolute Gasteiger partial charge is 0.353 e. The minimum absolute atomic E-state index is 0.0747. The highest BCUT2D eigenvalue weighted by Crippen LogP contribution is 2.24. The van der Waals surface area contributed by atoms with Crippen LogP contribution in [0.4, 0.5) is 17.5 Å². The Morgan fingerprint density at radius 3 is 2.31 bits per heavy atom. The number of aromatic nitrogens is 2. The van der Waals surface area contributed by atoms with E-state index >= 15 is 0 Å². The van der Waals surface area contributed by atoms with Crippen LogP contribution in [0, 0.1) is 13.8 Å². The molecule has 0 saturated carbocycles. The molecule has 1 saturated heterocycles. The maximum absolute atomic E-state index is 13.2. The number of benzene rings is 2. The Hall–Kier alpha value is -3.41. The molecule has 6 heteroatoms. The molecule has 6 nitrogen and oxygen atoms in total. The normalized spacial score (nSPS) is 14.8. The zero-order valence-electron chi connectivity index (χ0n) is 19.1. The van der Waals surface area contributed by atoms with Crippen molar-refractivity contribution >= 4 is 23.4 Å². The van der Waals surface area contributed by atoms with E-state index in [1.165, 1.54) is 5.56 Å². The van der Waals surface area contributed by atoms with Crippen molar-refractivity contribution in [2.75, 3.05) is 36.4 Å². The molecule has 2 heterocycles. The third-order valence-electron chi connectivity index (χ3n) is 5.97. The number of hydrogen-bond donors (Lipinski definition) is 1. The molecule has 1 N–H and O–H groups in total. The molecule has 1 fully saturated rings. The van der Waals surface area contributed by atoms with Gasteiger partial charge in [0.25, 0.3) is 0 Å². The molecular formula is C26H31N5O. The van der Waals surface area contributed by atoms with Gasteiger partial charge in [0, 0.05) is 43.6 Å². The van der Waals surface area contributed by atoms with E-state index in [-0.39, 0.29) is 11.8 Å². The van der Waals surface area contributed by atoms with Crippen LogP contribution < -0.4 is 10.2 Å². The summed E-state index contributed by atoms with van der Waals surface area (Å²) in [5.74, 6) is 1.64. The van der Waals surface area contributed by atoms with E-state index in [0.29, 0.717) is 19.0 Å². The monoisotopic (exact) mass is 429 g/mol. The van der Waals surface area contributed by atoms with Crippen molar-refractivity contribution in [2.24, 2.45) is 0 Å². The molecule has 0 spiro atoms. The summed E-state index contributed by atoms with van der Waals surface area (Å²) >= 11 is 0. The molecule has 3 aromatic rings. The van der Waals surface area contributed by atoms with Crippen molar-refractivity contribution in [2.45, 2.75) is 33.1 Å². The van der Waals surface area contributed by atoms with Gasteiger partial charge in [0.15, 0.2) is 0 Å². The number of piperazine rings is 1. The summed E-state index contributed by atoms with van der Waals surface area (Å²) in [6.45, 7) is 9.06. The van der Waals surface area contributed by atoms with E-state index in [2.05, 4.69) is 53.3 Å². The van der Waals surface area contributed by atoms with E-state index in [0.717, 1.165) is 42.3 Å². The predicted octanol–water partition coefficient (Wildman–Crippen LogP) is 4.68. The lowest BCUT2D eigenvalue weighted by Crippen LogP contribution is -2.50. The van der Waals surface area contributed by atoms with Crippen LogP contribution in [0.2, 0.25) is 0 Å². The van der Waals surface area contributed by atoms with Crippen LogP contribution in [0.25, 0.3) is 0 Å². The van der Waals surface area contributed by atoms with Crippen molar-refractivity contribution in [1.29, 1.82) is 0 Å². The minimum atomic E-state index is -0.0747. The summed E-state index contributed by atoms with van der Waals surface area (Å²) < 4.78 is 0. The molecular weight excluding hydrogens is 398 g/mol. The Morgan fingerprint density at radius 2 is 1.66 bits per heavy atom. The molecule has 1 aromatic heterocycles. The number of anilines is 3. The first-order valence-electron chi connectivity index (χ1n) is 11.3. The van der Waals surface area contributed by atoms with Crippen LogP contribution in [-0.2, 0) is 4.79 Å². The maximum Gasteiger partial charge on any atom is 0.230 e. The number of nitrogens with one attached hydrogen (secondary N) is 1. The molecule has 2 aromatic carbocycles. The Balaban J connectivity index is 1.42. The first-order chi connectivity index (χ1) is 15.5. The highest BCUT2D eigenvalue weighted by atomic mass is 16.2. The van der Waals surface area contributed by atoms with E-state index < -0.39 is 0 Å². The molecule has 0 aliphatic carbocycles. The molecule has 4 rings (SSSR count). The average Bonchev–Trinajstić information content (AvgIpc) is 2.81. The van der Waals surface area contributed by atoms with Crippen molar-refractivity contribution in [3.05, 3.63) is 77.5 Å². The van der Waals surface area contributed by atoms with Gasteiger partial charge in [-0.15, -0.1) is 0 Å². The van der Waals surface area contributed by atoms with Crippen LogP contribution in [0.1, 0.15) is 36.1 Å². The van der Waals surface area contributed by atoms with Gasteiger partial charge in [-0.1, -0.05) is 55.0 Å². The van der Waals surface area contributed by atoms with Gasteiger partial charge < -0.3 is 15.1 Å². The van der Waals surface area contributed by atoms with Crippen LogP contribution >= 0.6 is 0 Å². The number of nitrogens with zero attached hydrogens (tertiary/aromatic N) is 4. The van der Waals surface area contributed by atoms with Crippen LogP contribution in [0.5, 0.6) is 0 Å². The number of amides is 1. The lowest BCUT2D eigenvalue weighted by molar-refractivity contribution is -0.133. The van der Waals surface area contributed by atoms with Gasteiger partial charge in [0.05, 0.1) is 5.92 Å². The number of rotatable bonds is 6. The SMILES string of the molecule is CCC(C(=O)N1CCN(c2cc(C)nc(Nc3ccc(C)cc3)n2)CC1)c1ccccc1. The Kier molecular flexibility index (Phi) is 6.69.